The van der Waals surface area contributed by atoms with Crippen LogP contribution in [-0.2, 0) is 4.79 Å². The molecule has 0 aromatic heterocycles. The van der Waals surface area contributed by atoms with Crippen LogP contribution < -0.4 is 9.47 Å². The molecule has 3 saturated carbocycles. The number of carbonyl (C=O) groups is 1. The second-order valence-corrected chi connectivity index (χ2v) is 11.1. The summed E-state index contributed by atoms with van der Waals surface area (Å²) in [5.74, 6) is 1.75. The van der Waals surface area contributed by atoms with Crippen LogP contribution in [0.5, 0.6) is 11.5 Å². The first-order valence-corrected chi connectivity index (χ1v) is 12.4. The van der Waals surface area contributed by atoms with Gasteiger partial charge >= 0.3 is 6.61 Å². The first-order chi connectivity index (χ1) is 16.2. The van der Waals surface area contributed by atoms with Crippen LogP contribution in [0.4, 0.5) is 8.78 Å². The average molecular weight is 473 g/mol. The number of ether oxygens (including phenoxy) is 2. The third kappa shape index (κ3) is 3.69. The molecule has 4 aliphatic rings. The molecule has 0 spiro atoms. The van der Waals surface area contributed by atoms with Gasteiger partial charge in [0.1, 0.15) is 0 Å². The summed E-state index contributed by atoms with van der Waals surface area (Å²) in [7, 11) is 1.41. The van der Waals surface area contributed by atoms with Crippen molar-refractivity contribution in [3.63, 3.8) is 0 Å². The van der Waals surface area contributed by atoms with Crippen LogP contribution in [0.2, 0.25) is 0 Å². The number of alkyl halides is 2. The van der Waals surface area contributed by atoms with E-state index in [0.717, 1.165) is 56.1 Å². The lowest BCUT2D eigenvalue weighted by Crippen LogP contribution is -2.50. The molecule has 0 saturated heterocycles. The zero-order valence-electron chi connectivity index (χ0n) is 20.2. The molecule has 0 aliphatic heterocycles. The quantitative estimate of drug-likeness (QED) is 0.420. The minimum absolute atomic E-state index is 0.0171. The first-order valence-electron chi connectivity index (χ1n) is 12.4. The number of halogens is 2. The number of allylic oxidation sites excluding steroid dienone is 2. The molecule has 5 rings (SSSR count). The monoisotopic (exact) mass is 472 g/mol. The lowest BCUT2D eigenvalue weighted by atomic mass is 9.48. The number of rotatable bonds is 4. The highest BCUT2D eigenvalue weighted by atomic mass is 19.3. The number of aliphatic hydroxyl groups excluding tert-OH is 1. The lowest BCUT2D eigenvalue weighted by molar-refractivity contribution is -0.130. The Kier molecular flexibility index (Phi) is 5.86. The minimum atomic E-state index is -2.93. The number of aliphatic hydroxyl groups is 1. The molecule has 34 heavy (non-hydrogen) atoms. The van der Waals surface area contributed by atoms with Crippen LogP contribution in [0.3, 0.4) is 0 Å². The number of carbonyl (C=O) groups excluding carboxylic acids is 1. The summed E-state index contributed by atoms with van der Waals surface area (Å²) in [6.07, 6.45) is 10.4. The van der Waals surface area contributed by atoms with Crippen molar-refractivity contribution in [3.8, 4) is 11.5 Å². The van der Waals surface area contributed by atoms with Crippen molar-refractivity contribution in [2.24, 2.45) is 28.6 Å². The Morgan fingerprint density at radius 2 is 1.85 bits per heavy atom. The molecule has 0 bridgehead atoms. The fourth-order valence-corrected chi connectivity index (χ4v) is 7.61. The molecule has 3 fully saturated rings. The predicted octanol–water partition coefficient (Wildman–Crippen LogP) is 6.18. The average Bonchev–Trinajstić information content (AvgIpc) is 3.05. The van der Waals surface area contributed by atoms with Crippen LogP contribution in [0, 0.1) is 28.6 Å². The molecular formula is C28H34F2O4. The number of hydrogen-bond acceptors (Lipinski definition) is 4. The number of Topliss-reactive ketones (excluding diaryl/α,β-unsaturated/α-hetero) is 1. The topological polar surface area (TPSA) is 55.8 Å². The normalized spacial score (nSPS) is 38.3. The predicted molar refractivity (Wildman–Crippen MR) is 126 cm³/mol. The third-order valence-electron chi connectivity index (χ3n) is 9.46. The van der Waals surface area contributed by atoms with Crippen molar-refractivity contribution < 1.29 is 28.2 Å². The maximum absolute atomic E-state index is 13.6. The second-order valence-electron chi connectivity index (χ2n) is 11.1. The minimum Gasteiger partial charge on any atom is -0.493 e. The zero-order chi connectivity index (χ0) is 24.3. The molecule has 4 nitrogen and oxygen atoms in total. The van der Waals surface area contributed by atoms with E-state index in [9.17, 15) is 18.7 Å². The summed E-state index contributed by atoms with van der Waals surface area (Å²) in [5.41, 5.74) is 2.77. The van der Waals surface area contributed by atoms with Gasteiger partial charge in [-0.15, -0.1) is 0 Å². The molecular weight excluding hydrogens is 438 g/mol. The summed E-state index contributed by atoms with van der Waals surface area (Å²) in [4.78, 5) is 13.6. The molecule has 0 amide bonds. The number of ketones is 1. The smallest absolute Gasteiger partial charge is 0.387 e. The Bertz CT molecular complexity index is 1050. The Hall–Kier alpha value is -2.21. The highest BCUT2D eigenvalue weighted by Crippen LogP contribution is 2.64. The van der Waals surface area contributed by atoms with Crippen molar-refractivity contribution in [2.75, 3.05) is 7.11 Å². The number of methoxy groups -OCH3 is 1. The lowest BCUT2D eigenvalue weighted by Gasteiger charge is -2.56. The van der Waals surface area contributed by atoms with E-state index in [-0.39, 0.29) is 34.2 Å². The van der Waals surface area contributed by atoms with Gasteiger partial charge in [-0.1, -0.05) is 31.6 Å². The van der Waals surface area contributed by atoms with Gasteiger partial charge in [-0.2, -0.15) is 8.78 Å². The first kappa shape index (κ1) is 23.5. The van der Waals surface area contributed by atoms with Gasteiger partial charge < -0.3 is 14.6 Å². The van der Waals surface area contributed by atoms with Gasteiger partial charge in [0.05, 0.1) is 13.2 Å². The SMILES string of the molecule is COc1cc(C=C2CC3C4CC=C5CC(O)CCC5(C)C4CCC3(C)C2=O)ccc1OC(F)F. The van der Waals surface area contributed by atoms with Crippen LogP contribution in [0.15, 0.2) is 35.4 Å². The van der Waals surface area contributed by atoms with E-state index in [4.69, 9.17) is 4.74 Å². The fraction of sp³-hybridized carbons (Fsp3) is 0.607. The van der Waals surface area contributed by atoms with E-state index in [1.807, 2.05) is 6.08 Å². The molecule has 1 aromatic rings. The largest absolute Gasteiger partial charge is 0.493 e. The molecule has 1 N–H and O–H groups in total. The standard InChI is InChI=1S/C28H34F2O4/c1-27-10-8-19(31)15-18(27)5-6-20-21(27)9-11-28(2)22(20)14-17(25(28)32)12-16-4-7-23(34-26(29)30)24(13-16)33-3/h4-5,7,12-13,19-22,26,31H,6,8-11,14-15H2,1-3H3. The number of hydrogen-bond donors (Lipinski definition) is 1. The third-order valence-corrected chi connectivity index (χ3v) is 9.46. The molecule has 4 aliphatic carbocycles. The maximum Gasteiger partial charge on any atom is 0.387 e. The zero-order valence-corrected chi connectivity index (χ0v) is 20.2. The van der Waals surface area contributed by atoms with Crippen LogP contribution in [-0.4, -0.2) is 30.7 Å². The maximum atomic E-state index is 13.6. The highest BCUT2D eigenvalue weighted by molar-refractivity contribution is 6.06. The molecule has 6 unspecified atom stereocenters. The Morgan fingerprint density at radius 3 is 2.59 bits per heavy atom. The van der Waals surface area contributed by atoms with Crippen molar-refractivity contribution in [2.45, 2.75) is 71.5 Å². The van der Waals surface area contributed by atoms with E-state index in [0.29, 0.717) is 17.8 Å². The van der Waals surface area contributed by atoms with Gasteiger partial charge in [-0.05, 0) is 97.5 Å². The van der Waals surface area contributed by atoms with Crippen LogP contribution in [0.1, 0.15) is 64.4 Å². The van der Waals surface area contributed by atoms with Crippen molar-refractivity contribution in [1.29, 1.82) is 0 Å². The molecule has 6 atom stereocenters. The van der Waals surface area contributed by atoms with Gasteiger partial charge in [-0.3, -0.25) is 4.79 Å². The Labute approximate surface area is 200 Å². The van der Waals surface area contributed by atoms with Gasteiger partial charge in [0.2, 0.25) is 0 Å². The second kappa shape index (κ2) is 8.47. The summed E-state index contributed by atoms with van der Waals surface area (Å²) in [6, 6.07) is 4.81. The van der Waals surface area contributed by atoms with Crippen molar-refractivity contribution in [1.82, 2.24) is 0 Å². The van der Waals surface area contributed by atoms with E-state index in [1.54, 1.807) is 12.1 Å². The highest BCUT2D eigenvalue weighted by Gasteiger charge is 2.59. The van der Waals surface area contributed by atoms with E-state index >= 15 is 0 Å². The van der Waals surface area contributed by atoms with Gasteiger partial charge in [0.25, 0.3) is 0 Å². The molecule has 0 heterocycles. The summed E-state index contributed by atoms with van der Waals surface area (Å²) < 4.78 is 35.1. The molecule has 1 aromatic carbocycles. The number of fused-ring (bicyclic) bond motifs is 5. The summed E-state index contributed by atoms with van der Waals surface area (Å²) in [5, 5.41) is 10.2. The van der Waals surface area contributed by atoms with Gasteiger partial charge in [0.15, 0.2) is 17.3 Å². The van der Waals surface area contributed by atoms with Gasteiger partial charge in [-0.25, -0.2) is 0 Å². The van der Waals surface area contributed by atoms with Gasteiger partial charge in [0, 0.05) is 5.41 Å². The number of benzene rings is 1. The Morgan fingerprint density at radius 1 is 1.09 bits per heavy atom. The van der Waals surface area contributed by atoms with E-state index < -0.39 is 6.61 Å². The van der Waals surface area contributed by atoms with Crippen molar-refractivity contribution in [3.05, 3.63) is 41.0 Å². The van der Waals surface area contributed by atoms with E-state index in [2.05, 4.69) is 24.7 Å². The van der Waals surface area contributed by atoms with E-state index in [1.165, 1.54) is 18.7 Å². The van der Waals surface area contributed by atoms with Crippen LogP contribution >= 0.6 is 0 Å². The fourth-order valence-electron chi connectivity index (χ4n) is 7.61. The Balaban J connectivity index is 1.43. The summed E-state index contributed by atoms with van der Waals surface area (Å²) in [6.45, 7) is 1.60. The molecule has 184 valence electrons. The van der Waals surface area contributed by atoms with Crippen molar-refractivity contribution >= 4 is 11.9 Å². The molecule has 6 heteroatoms. The summed E-state index contributed by atoms with van der Waals surface area (Å²) >= 11 is 0. The van der Waals surface area contributed by atoms with Crippen LogP contribution in [0.25, 0.3) is 6.08 Å². The molecule has 0 radical (unpaired) electrons.